The molecule has 9 heteroatoms. The first kappa shape index (κ1) is 14.4. The van der Waals surface area contributed by atoms with Gasteiger partial charge in [0.15, 0.2) is 0 Å². The second-order valence-electron chi connectivity index (χ2n) is 4.19. The zero-order chi connectivity index (χ0) is 14.9. The van der Waals surface area contributed by atoms with Crippen molar-refractivity contribution >= 4 is 27.8 Å². The number of hydrogen-bond acceptors (Lipinski definition) is 6. The zero-order valence-electron chi connectivity index (χ0n) is 10.4. The lowest BCUT2D eigenvalue weighted by Crippen LogP contribution is -2.28. The molecule has 1 aliphatic heterocycles. The number of anilines is 1. The predicted octanol–water partition coefficient (Wildman–Crippen LogP) is 0.273. The van der Waals surface area contributed by atoms with Gasteiger partial charge in [-0.15, -0.1) is 3.89 Å². The van der Waals surface area contributed by atoms with E-state index in [1.807, 2.05) is 0 Å². The summed E-state index contributed by atoms with van der Waals surface area (Å²) in [5.41, 5.74) is 0.170. The molecule has 2 rings (SSSR count). The molecule has 0 aliphatic carbocycles. The van der Waals surface area contributed by atoms with E-state index in [1.54, 1.807) is 0 Å². The number of methoxy groups -OCH3 is 1. The minimum Gasteiger partial charge on any atom is -0.465 e. The molecule has 1 unspecified atom stereocenters. The highest BCUT2D eigenvalue weighted by atomic mass is 32.3. The summed E-state index contributed by atoms with van der Waals surface area (Å²) < 4.78 is 39.3. The molecule has 2 heterocycles. The SMILES string of the molecule is COC(=O)c1cnccc1N1CC(S(=O)(=O)F)CC1=O. The average Bonchev–Trinajstić information content (AvgIpc) is 2.80. The molecule has 1 fully saturated rings. The van der Waals surface area contributed by atoms with E-state index in [1.165, 1.54) is 25.6 Å². The molecule has 1 saturated heterocycles. The van der Waals surface area contributed by atoms with Crippen molar-refractivity contribution in [3.63, 3.8) is 0 Å². The van der Waals surface area contributed by atoms with Gasteiger partial charge in [0.1, 0.15) is 10.8 Å². The van der Waals surface area contributed by atoms with Crippen molar-refractivity contribution in [2.75, 3.05) is 18.6 Å². The zero-order valence-corrected chi connectivity index (χ0v) is 11.3. The Balaban J connectivity index is 2.38. The van der Waals surface area contributed by atoms with Gasteiger partial charge in [-0.2, -0.15) is 8.42 Å². The Hall–Kier alpha value is -2.03. The van der Waals surface area contributed by atoms with Crippen LogP contribution < -0.4 is 4.90 Å². The van der Waals surface area contributed by atoms with Crippen molar-refractivity contribution in [3.8, 4) is 0 Å². The fourth-order valence-corrected chi connectivity index (χ4v) is 2.65. The second-order valence-corrected chi connectivity index (χ2v) is 5.81. The topological polar surface area (TPSA) is 93.6 Å². The number of rotatable bonds is 3. The van der Waals surface area contributed by atoms with Crippen molar-refractivity contribution in [2.24, 2.45) is 0 Å². The summed E-state index contributed by atoms with van der Waals surface area (Å²) in [5, 5.41) is -1.42. The van der Waals surface area contributed by atoms with E-state index >= 15 is 0 Å². The predicted molar refractivity (Wildman–Crippen MR) is 66.4 cm³/mol. The van der Waals surface area contributed by atoms with Crippen LogP contribution in [-0.4, -0.2) is 44.2 Å². The van der Waals surface area contributed by atoms with Crippen LogP contribution in [0.25, 0.3) is 0 Å². The molecule has 0 N–H and O–H groups in total. The van der Waals surface area contributed by atoms with Crippen molar-refractivity contribution in [3.05, 3.63) is 24.0 Å². The lowest BCUT2D eigenvalue weighted by Gasteiger charge is -2.18. The van der Waals surface area contributed by atoms with Crippen molar-refractivity contribution in [1.29, 1.82) is 0 Å². The maximum absolute atomic E-state index is 13.0. The van der Waals surface area contributed by atoms with Crippen molar-refractivity contribution < 1.29 is 26.6 Å². The monoisotopic (exact) mass is 302 g/mol. The number of aromatic nitrogens is 1. The van der Waals surface area contributed by atoms with Crippen LogP contribution in [0.5, 0.6) is 0 Å². The third-order valence-electron chi connectivity index (χ3n) is 2.98. The van der Waals surface area contributed by atoms with Gasteiger partial charge in [-0.25, -0.2) is 4.79 Å². The number of ether oxygens (including phenoxy) is 1. The van der Waals surface area contributed by atoms with E-state index in [0.29, 0.717) is 0 Å². The molecule has 1 amide bonds. The maximum atomic E-state index is 13.0. The van der Waals surface area contributed by atoms with Gasteiger partial charge in [0, 0.05) is 25.4 Å². The largest absolute Gasteiger partial charge is 0.465 e. The summed E-state index contributed by atoms with van der Waals surface area (Å²) in [6.07, 6.45) is 2.08. The maximum Gasteiger partial charge on any atom is 0.341 e. The number of nitrogens with zero attached hydrogens (tertiary/aromatic N) is 2. The highest BCUT2D eigenvalue weighted by molar-refractivity contribution is 7.87. The number of carbonyl (C=O) groups is 2. The molecule has 1 aliphatic rings. The van der Waals surface area contributed by atoms with Crippen LogP contribution in [0.3, 0.4) is 0 Å². The molecule has 1 aromatic heterocycles. The lowest BCUT2D eigenvalue weighted by molar-refractivity contribution is -0.117. The Bertz CT molecular complexity index is 661. The van der Waals surface area contributed by atoms with Gasteiger partial charge in [0.05, 0.1) is 12.8 Å². The smallest absolute Gasteiger partial charge is 0.341 e. The fraction of sp³-hybridized carbons (Fsp3) is 0.364. The van der Waals surface area contributed by atoms with Gasteiger partial charge in [0.25, 0.3) is 0 Å². The van der Waals surface area contributed by atoms with Crippen LogP contribution in [0.4, 0.5) is 9.57 Å². The number of halogens is 1. The van der Waals surface area contributed by atoms with E-state index in [-0.39, 0.29) is 17.8 Å². The Kier molecular flexibility index (Phi) is 3.71. The Morgan fingerprint density at radius 3 is 2.80 bits per heavy atom. The van der Waals surface area contributed by atoms with E-state index in [9.17, 15) is 21.9 Å². The van der Waals surface area contributed by atoms with Crippen LogP contribution in [0.15, 0.2) is 18.5 Å². The molecular weight excluding hydrogens is 291 g/mol. The minimum absolute atomic E-state index is 0.0141. The van der Waals surface area contributed by atoms with Gasteiger partial charge in [-0.1, -0.05) is 0 Å². The van der Waals surface area contributed by atoms with Gasteiger partial charge in [0.2, 0.25) is 5.91 Å². The molecule has 0 aromatic carbocycles. The summed E-state index contributed by atoms with van der Waals surface area (Å²) >= 11 is 0. The Morgan fingerprint density at radius 1 is 1.55 bits per heavy atom. The normalized spacial score (nSPS) is 19.2. The molecule has 0 radical (unpaired) electrons. The first-order valence-electron chi connectivity index (χ1n) is 5.60. The number of amides is 1. The first-order valence-corrected chi connectivity index (χ1v) is 7.05. The molecule has 0 bridgehead atoms. The third-order valence-corrected chi connectivity index (χ3v) is 4.09. The summed E-state index contributed by atoms with van der Waals surface area (Å²) in [6.45, 7) is -0.342. The van der Waals surface area contributed by atoms with Crippen LogP contribution in [-0.2, 0) is 19.8 Å². The van der Waals surface area contributed by atoms with Gasteiger partial charge in [-0.05, 0) is 6.07 Å². The molecule has 1 atom stereocenters. The Labute approximate surface area is 114 Å². The number of esters is 1. The number of pyridine rings is 1. The highest BCUT2D eigenvalue weighted by Crippen LogP contribution is 2.28. The summed E-state index contributed by atoms with van der Waals surface area (Å²) in [6, 6.07) is 1.37. The van der Waals surface area contributed by atoms with E-state index in [2.05, 4.69) is 9.72 Å². The first-order chi connectivity index (χ1) is 9.34. The summed E-state index contributed by atoms with van der Waals surface area (Å²) in [4.78, 5) is 28.2. The highest BCUT2D eigenvalue weighted by Gasteiger charge is 2.40. The van der Waals surface area contributed by atoms with Crippen LogP contribution in [0.1, 0.15) is 16.8 Å². The fourth-order valence-electron chi connectivity index (χ4n) is 1.99. The van der Waals surface area contributed by atoms with Crippen LogP contribution in [0, 0.1) is 0 Å². The molecule has 0 saturated carbocycles. The molecule has 7 nitrogen and oxygen atoms in total. The number of hydrogen-bond donors (Lipinski definition) is 0. The molecule has 108 valence electrons. The van der Waals surface area contributed by atoms with Gasteiger partial charge in [-0.3, -0.25) is 9.78 Å². The molecule has 0 spiro atoms. The third kappa shape index (κ3) is 2.62. The van der Waals surface area contributed by atoms with Crippen molar-refractivity contribution in [1.82, 2.24) is 4.98 Å². The minimum atomic E-state index is -4.81. The van der Waals surface area contributed by atoms with E-state index in [4.69, 9.17) is 0 Å². The van der Waals surface area contributed by atoms with Crippen LogP contribution in [0.2, 0.25) is 0 Å². The molecule has 1 aromatic rings. The van der Waals surface area contributed by atoms with E-state index < -0.39 is 33.8 Å². The van der Waals surface area contributed by atoms with Gasteiger partial charge >= 0.3 is 16.2 Å². The van der Waals surface area contributed by atoms with Gasteiger partial charge < -0.3 is 9.64 Å². The number of carbonyl (C=O) groups excluding carboxylic acids is 2. The standard InChI is InChI=1S/C11H11FN2O5S/c1-19-11(16)8-5-13-3-2-9(8)14-6-7(4-10(14)15)20(12,17)18/h2-3,5,7H,4,6H2,1H3. The summed E-state index contributed by atoms with van der Waals surface area (Å²) in [7, 11) is -3.64. The average molecular weight is 302 g/mol. The Morgan fingerprint density at radius 2 is 2.25 bits per heavy atom. The van der Waals surface area contributed by atoms with Crippen LogP contribution >= 0.6 is 0 Å². The van der Waals surface area contributed by atoms with Crippen molar-refractivity contribution in [2.45, 2.75) is 11.7 Å². The van der Waals surface area contributed by atoms with E-state index in [0.717, 1.165) is 4.90 Å². The molecular formula is C11H11FN2O5S. The lowest BCUT2D eigenvalue weighted by atomic mass is 10.2. The molecule has 20 heavy (non-hydrogen) atoms. The second kappa shape index (κ2) is 5.16. The summed E-state index contributed by atoms with van der Waals surface area (Å²) in [5.74, 6) is -1.29. The quantitative estimate of drug-likeness (QED) is 0.588.